The highest BCUT2D eigenvalue weighted by Gasteiger charge is 2.36. The van der Waals surface area contributed by atoms with Gasteiger partial charge in [-0.3, -0.25) is 0 Å². The van der Waals surface area contributed by atoms with Crippen molar-refractivity contribution in [1.29, 1.82) is 0 Å². The predicted molar refractivity (Wildman–Crippen MR) is 88.8 cm³/mol. The maximum atomic E-state index is 10.1. The fraction of sp³-hybridized carbons (Fsp3) is 0.733. The Hall–Kier alpha value is 0.280. The van der Waals surface area contributed by atoms with Gasteiger partial charge in [0.1, 0.15) is 0 Å². The Labute approximate surface area is 140 Å². The molecule has 0 aromatic heterocycles. The third-order valence-electron chi connectivity index (χ3n) is 3.47. The van der Waals surface area contributed by atoms with Gasteiger partial charge in [0.2, 0.25) is 0 Å². The average molecular weight is 384 g/mol. The van der Waals surface area contributed by atoms with Crippen LogP contribution in [0.4, 0.5) is 0 Å². The third kappa shape index (κ3) is 5.58. The number of alkyl halides is 3. The molecule has 0 aromatic carbocycles. The predicted octanol–water partition coefficient (Wildman–Crippen LogP) is 3.86. The zero-order valence-electron chi connectivity index (χ0n) is 11.5. The van der Waals surface area contributed by atoms with E-state index in [4.69, 9.17) is 34.4 Å². The summed E-state index contributed by atoms with van der Waals surface area (Å²) in [6.45, 7) is 2.07. The van der Waals surface area contributed by atoms with E-state index in [9.17, 15) is 5.11 Å². The van der Waals surface area contributed by atoms with E-state index in [0.717, 1.165) is 6.42 Å². The van der Waals surface area contributed by atoms with Crippen molar-refractivity contribution < 1.29 is 9.84 Å². The molecule has 1 fully saturated rings. The van der Waals surface area contributed by atoms with Crippen molar-refractivity contribution in [3.8, 4) is 12.3 Å². The van der Waals surface area contributed by atoms with Crippen molar-refractivity contribution >= 4 is 39.1 Å². The van der Waals surface area contributed by atoms with Crippen molar-refractivity contribution in [2.45, 2.75) is 66.5 Å². The molecule has 0 amide bonds. The smallest absolute Gasteiger partial charge is 0.0761 e. The Morgan fingerprint density at radius 3 is 2.80 bits per heavy atom. The van der Waals surface area contributed by atoms with Crippen LogP contribution in [0.2, 0.25) is 0 Å². The van der Waals surface area contributed by atoms with Crippen LogP contribution in [-0.2, 0) is 4.74 Å². The summed E-state index contributed by atoms with van der Waals surface area (Å²) in [6, 6.07) is 0. The standard InChI is InChI=1S/C15H21BrCl2O2/c1-3-5-6-7-11(17)15-8-12(18)13(19)9-14(20-15)10(16)4-2/h1,5-6,10-15,19H,4,7-9H2,2H3. The van der Waals surface area contributed by atoms with Crippen LogP contribution in [0.3, 0.4) is 0 Å². The largest absolute Gasteiger partial charge is 0.391 e. The second-order valence-electron chi connectivity index (χ2n) is 5.01. The molecular formula is C15H21BrCl2O2. The van der Waals surface area contributed by atoms with Crippen LogP contribution in [0.25, 0.3) is 0 Å². The molecule has 1 aliphatic heterocycles. The lowest BCUT2D eigenvalue weighted by atomic mass is 10.0. The number of terminal acetylenes is 1. The van der Waals surface area contributed by atoms with Crippen molar-refractivity contribution in [1.82, 2.24) is 0 Å². The molecule has 0 spiro atoms. The fourth-order valence-electron chi connectivity index (χ4n) is 2.25. The number of aliphatic hydroxyl groups excluding tert-OH is 1. The van der Waals surface area contributed by atoms with Gasteiger partial charge in [0.25, 0.3) is 0 Å². The van der Waals surface area contributed by atoms with Gasteiger partial charge in [-0.15, -0.1) is 29.6 Å². The Morgan fingerprint density at radius 1 is 1.50 bits per heavy atom. The van der Waals surface area contributed by atoms with Crippen LogP contribution >= 0.6 is 39.1 Å². The van der Waals surface area contributed by atoms with Crippen molar-refractivity contribution in [3.63, 3.8) is 0 Å². The molecule has 114 valence electrons. The lowest BCUT2D eigenvalue weighted by Crippen LogP contribution is -2.33. The van der Waals surface area contributed by atoms with Gasteiger partial charge in [0.05, 0.1) is 29.1 Å². The van der Waals surface area contributed by atoms with E-state index < -0.39 is 6.10 Å². The summed E-state index contributed by atoms with van der Waals surface area (Å²) >= 11 is 16.2. The van der Waals surface area contributed by atoms with E-state index in [0.29, 0.717) is 19.3 Å². The van der Waals surface area contributed by atoms with Crippen molar-refractivity contribution in [2.24, 2.45) is 0 Å². The molecule has 0 aromatic rings. The van der Waals surface area contributed by atoms with E-state index in [1.165, 1.54) is 0 Å². The maximum absolute atomic E-state index is 10.1. The zero-order valence-corrected chi connectivity index (χ0v) is 14.6. The second kappa shape index (κ2) is 9.33. The van der Waals surface area contributed by atoms with Crippen LogP contribution in [-0.4, -0.2) is 39.0 Å². The lowest BCUT2D eigenvalue weighted by molar-refractivity contribution is -0.0159. The second-order valence-corrected chi connectivity index (χ2v) is 7.31. The fourth-order valence-corrected chi connectivity index (χ4v) is 3.13. The molecule has 6 atom stereocenters. The van der Waals surface area contributed by atoms with Gasteiger partial charge in [-0.2, -0.15) is 0 Å². The molecule has 0 radical (unpaired) electrons. The Bertz CT molecular complexity index is 356. The van der Waals surface area contributed by atoms with Crippen LogP contribution in [0.5, 0.6) is 0 Å². The molecule has 1 rings (SSSR count). The summed E-state index contributed by atoms with van der Waals surface area (Å²) in [4.78, 5) is 0.187. The molecule has 0 bridgehead atoms. The third-order valence-corrected chi connectivity index (χ3v) is 5.64. The molecule has 20 heavy (non-hydrogen) atoms. The van der Waals surface area contributed by atoms with Crippen molar-refractivity contribution in [2.75, 3.05) is 0 Å². The van der Waals surface area contributed by atoms with Crippen LogP contribution in [0.15, 0.2) is 12.2 Å². The number of halogens is 3. The molecule has 1 aliphatic rings. The highest BCUT2D eigenvalue weighted by atomic mass is 79.9. The number of ether oxygens (including phenoxy) is 1. The molecule has 0 aliphatic carbocycles. The van der Waals surface area contributed by atoms with Gasteiger partial charge in [-0.25, -0.2) is 0 Å². The molecule has 5 heteroatoms. The molecule has 1 saturated heterocycles. The maximum Gasteiger partial charge on any atom is 0.0761 e. The highest BCUT2D eigenvalue weighted by Crippen LogP contribution is 2.31. The summed E-state index contributed by atoms with van der Waals surface area (Å²) in [5.74, 6) is 2.44. The Kier molecular flexibility index (Phi) is 8.55. The van der Waals surface area contributed by atoms with Crippen LogP contribution < -0.4 is 0 Å². The number of aliphatic hydroxyl groups is 1. The number of hydrogen-bond acceptors (Lipinski definition) is 2. The summed E-state index contributed by atoms with van der Waals surface area (Å²) in [6.07, 6.45) is 10.4. The number of rotatable bonds is 5. The average Bonchev–Trinajstić information content (AvgIpc) is 2.58. The molecule has 0 saturated carbocycles. The molecule has 2 nitrogen and oxygen atoms in total. The number of hydrogen-bond donors (Lipinski definition) is 1. The summed E-state index contributed by atoms with van der Waals surface area (Å²) in [5, 5.41) is 9.53. The minimum absolute atomic E-state index is 0.0818. The first kappa shape index (κ1) is 18.3. The van der Waals surface area contributed by atoms with Gasteiger partial charge >= 0.3 is 0 Å². The molecule has 1 heterocycles. The van der Waals surface area contributed by atoms with Crippen LogP contribution in [0.1, 0.15) is 32.6 Å². The summed E-state index contributed by atoms with van der Waals surface area (Å²) < 4.78 is 6.09. The van der Waals surface area contributed by atoms with Crippen LogP contribution in [0, 0.1) is 12.3 Å². The minimum Gasteiger partial charge on any atom is -0.391 e. The molecular weight excluding hydrogens is 363 g/mol. The quantitative estimate of drug-likeness (QED) is 0.576. The number of allylic oxidation sites excluding steroid dienone is 2. The first-order valence-electron chi connectivity index (χ1n) is 6.86. The summed E-state index contributed by atoms with van der Waals surface area (Å²) in [5.41, 5.74) is 0. The van der Waals surface area contributed by atoms with Gasteiger partial charge in [0, 0.05) is 11.2 Å². The van der Waals surface area contributed by atoms with Gasteiger partial charge < -0.3 is 9.84 Å². The van der Waals surface area contributed by atoms with Crippen molar-refractivity contribution in [3.05, 3.63) is 12.2 Å². The lowest BCUT2D eigenvalue weighted by Gasteiger charge is -2.27. The van der Waals surface area contributed by atoms with E-state index in [-0.39, 0.29) is 27.8 Å². The topological polar surface area (TPSA) is 29.5 Å². The van der Waals surface area contributed by atoms with Gasteiger partial charge in [-0.1, -0.05) is 34.9 Å². The van der Waals surface area contributed by atoms with E-state index in [2.05, 4.69) is 28.8 Å². The van der Waals surface area contributed by atoms with Gasteiger partial charge in [0.15, 0.2) is 0 Å². The zero-order chi connectivity index (χ0) is 15.1. The molecule has 6 unspecified atom stereocenters. The summed E-state index contributed by atoms with van der Waals surface area (Å²) in [7, 11) is 0. The molecule has 1 N–H and O–H groups in total. The van der Waals surface area contributed by atoms with E-state index >= 15 is 0 Å². The highest BCUT2D eigenvalue weighted by molar-refractivity contribution is 9.09. The first-order chi connectivity index (χ1) is 9.49. The SMILES string of the molecule is C#CC=CCC(Cl)C1CC(Cl)C(O)CC(C(Br)CC)O1. The monoisotopic (exact) mass is 382 g/mol. The Morgan fingerprint density at radius 2 is 2.20 bits per heavy atom. The minimum atomic E-state index is -0.566. The van der Waals surface area contributed by atoms with Gasteiger partial charge in [-0.05, 0) is 25.3 Å². The Balaban J connectivity index is 2.73. The van der Waals surface area contributed by atoms with E-state index in [1.807, 2.05) is 6.08 Å². The van der Waals surface area contributed by atoms with E-state index in [1.54, 1.807) is 6.08 Å². The first-order valence-corrected chi connectivity index (χ1v) is 8.65. The normalized spacial score (nSPS) is 34.4.